The summed E-state index contributed by atoms with van der Waals surface area (Å²) in [7, 11) is 0. The molecule has 0 radical (unpaired) electrons. The van der Waals surface area contributed by atoms with Gasteiger partial charge in [0.05, 0.1) is 0 Å². The Kier molecular flexibility index (Phi) is 919. The van der Waals surface area contributed by atoms with Gasteiger partial charge in [-0.3, -0.25) is 0 Å². The fourth-order valence-electron chi connectivity index (χ4n) is 0.379. The van der Waals surface area contributed by atoms with Crippen LogP contribution in [-0.4, -0.2) is 306 Å². The van der Waals surface area contributed by atoms with E-state index in [1.165, 1.54) is 0 Å². The van der Waals surface area contributed by atoms with E-state index in [2.05, 4.69) is 9.47 Å². The molecule has 0 aromatic heterocycles. The van der Waals surface area contributed by atoms with Gasteiger partial charge in [0, 0.05) is 159 Å². The molecule has 81 heavy (non-hydrogen) atoms. The molecule has 0 saturated heterocycles. The molecule has 0 aliphatic rings. The second kappa shape index (κ2) is 452. The highest BCUT2D eigenvalue weighted by Crippen LogP contribution is 1.70. The van der Waals surface area contributed by atoms with Crippen LogP contribution in [0.5, 0.6) is 0 Å². The first-order chi connectivity index (χ1) is 37.7. The van der Waals surface area contributed by atoms with Crippen molar-refractivity contribution in [3.05, 3.63) is 0 Å². The van der Waals surface area contributed by atoms with Gasteiger partial charge in [-0.1, -0.05) is 7.43 Å². The molecule has 0 aliphatic heterocycles. The van der Waals surface area contributed by atoms with Crippen LogP contribution in [-0.2, 0) is 19.1 Å². The van der Waals surface area contributed by atoms with E-state index < -0.39 is 11.9 Å². The molecule has 0 aromatic carbocycles. The Morgan fingerprint density at radius 2 is 0.247 bits per heavy atom. The summed E-state index contributed by atoms with van der Waals surface area (Å²) in [6.07, 6.45) is 0. The minimum Gasteiger partial charge on any atom is -0.480 e. The highest BCUT2D eigenvalue weighted by molar-refractivity contribution is 5.68. The van der Waals surface area contributed by atoms with Crippen LogP contribution in [0, 0.1) is 0 Å². The highest BCUT2D eigenvalue weighted by atomic mass is 16.5. The van der Waals surface area contributed by atoms with Gasteiger partial charge in [-0.15, -0.1) is 0 Å². The minimum absolute atomic E-state index is 0. The zero-order chi connectivity index (χ0) is 71.0. The van der Waals surface area contributed by atoms with Crippen LogP contribution in [0.15, 0.2) is 0 Å². The van der Waals surface area contributed by atoms with E-state index in [1.807, 2.05) is 0 Å². The van der Waals surface area contributed by atoms with Crippen LogP contribution < -0.4 is 0 Å². The molecule has 532 valence electrons. The summed E-state index contributed by atoms with van der Waals surface area (Å²) in [5.41, 5.74) is 0. The van der Waals surface area contributed by atoms with Crippen molar-refractivity contribution in [3.63, 3.8) is 0 Å². The molecule has 28 heteroatoms. The number of rotatable bonds is 6. The molecule has 24 N–H and O–H groups in total. The number of hydrogen-bond donors (Lipinski definition) is 24. The predicted molar refractivity (Wildman–Crippen MR) is 336 cm³/mol. The van der Waals surface area contributed by atoms with Gasteiger partial charge in [0.25, 0.3) is 0 Å². The van der Waals surface area contributed by atoms with Crippen molar-refractivity contribution >= 4 is 11.9 Å². The first kappa shape index (κ1) is 165. The Bertz CT molecular complexity index is 377. The zero-order valence-electron chi connectivity index (χ0n) is 55.8. The molecule has 0 amide bonds. The lowest BCUT2D eigenvalue weighted by Gasteiger charge is -1.90. The van der Waals surface area contributed by atoms with Gasteiger partial charge in [0.2, 0.25) is 0 Å². The summed E-state index contributed by atoms with van der Waals surface area (Å²) < 4.78 is 8.99. The van der Waals surface area contributed by atoms with Crippen molar-refractivity contribution in [1.29, 1.82) is 0 Å². The molecule has 0 fully saturated rings. The smallest absolute Gasteiger partial charge is 0.329 e. The van der Waals surface area contributed by atoms with Crippen LogP contribution in [0.25, 0.3) is 0 Å². The van der Waals surface area contributed by atoms with Gasteiger partial charge in [-0.05, 0) is 166 Å². The predicted octanol–water partition coefficient (Wildman–Crippen LogP) is 0.820. The number of ether oxygens (including phenoxy) is 2. The quantitative estimate of drug-likeness (QED) is 0.175. The molecule has 0 aliphatic carbocycles. The Morgan fingerprint density at radius 3 is 0.259 bits per heavy atom. The lowest BCUT2D eigenvalue weighted by molar-refractivity contribution is -0.142. The normalized spacial score (nSPS) is 6.40. The summed E-state index contributed by atoms with van der Waals surface area (Å²) in [4.78, 5) is 19.3. The van der Waals surface area contributed by atoms with Gasteiger partial charge in [-0.2, -0.15) is 0 Å². The molecule has 0 spiro atoms. The van der Waals surface area contributed by atoms with Crippen LogP contribution in [0.2, 0.25) is 0 Å². The molecule has 28 nitrogen and oxygen atoms in total. The number of aliphatic hydroxyl groups excluding tert-OH is 22. The van der Waals surface area contributed by atoms with E-state index in [-0.39, 0.29) is 166 Å². The average Bonchev–Trinajstić information content (AvgIpc) is 3.34. The topological polar surface area (TPSA) is 538 Å². The van der Waals surface area contributed by atoms with E-state index in [4.69, 9.17) is 123 Å². The van der Waals surface area contributed by atoms with Crippen LogP contribution in [0.1, 0.15) is 174 Å². The Balaban J connectivity index is -0.0000000177. The first-order valence-corrected chi connectivity index (χ1v) is 26.6. The Hall–Kier alpha value is -2.02. The number of hydrogen-bond acceptors (Lipinski definition) is 26. The van der Waals surface area contributed by atoms with E-state index in [1.54, 1.807) is 166 Å². The van der Waals surface area contributed by atoms with Gasteiger partial charge >= 0.3 is 11.9 Å². The average molecular weight is 1240 g/mol. The summed E-state index contributed by atoms with van der Waals surface area (Å²) in [6, 6.07) is 0. The number of carboxylic acids is 2. The molecule has 0 atom stereocenters. The maximum atomic E-state index is 9.63. The molecular weight excluding hydrogens is 1080 g/mol. The number of aliphatic hydroxyl groups is 22. The van der Waals surface area contributed by atoms with E-state index in [9.17, 15) is 9.59 Å². The fraction of sp³-hybridized carbons (Fsp3) is 0.962. The SMILES string of the molecule is C.CCO.CCO.CCO.CCO.CCO.CCO.CCO.CCO.CCO.CCO.CCO.CCO.CCO.CCO.CCO.CCO.CCO.CCO.CCO.CCO.CCO.CCO.CCOCC(=O)O.CCOCC(=O)O. The summed E-state index contributed by atoms with van der Waals surface area (Å²) in [5.74, 6) is -1.83. The summed E-state index contributed by atoms with van der Waals surface area (Å²) in [5, 5.41) is 182. The molecule has 0 rings (SSSR count). The summed E-state index contributed by atoms with van der Waals surface area (Å²) in [6.45, 7) is 46.5. The van der Waals surface area contributed by atoms with Crippen LogP contribution >= 0.6 is 0 Å². The number of carboxylic acid groups (broad SMARTS) is 2. The van der Waals surface area contributed by atoms with Crippen molar-refractivity contribution in [2.24, 2.45) is 0 Å². The van der Waals surface area contributed by atoms with Gasteiger partial charge in [-0.25, -0.2) is 9.59 Å². The standard InChI is InChI=1S/2C4H8O3.22C2H6O.CH4/c2*1-2-7-3-4(5)6;22*1-2-3;/h2*2-3H2,1H3,(H,5,6);22*3H,2H2,1H3;1H4. The van der Waals surface area contributed by atoms with E-state index in [0.29, 0.717) is 13.2 Å². The third-order valence-corrected chi connectivity index (χ3v) is 0.859. The first-order valence-electron chi connectivity index (χ1n) is 26.6. The maximum absolute atomic E-state index is 9.63. The molecule has 0 bridgehead atoms. The van der Waals surface area contributed by atoms with Crippen LogP contribution in [0.4, 0.5) is 0 Å². The van der Waals surface area contributed by atoms with Crippen molar-refractivity contribution < 1.29 is 142 Å². The van der Waals surface area contributed by atoms with Crippen LogP contribution in [0.3, 0.4) is 0 Å². The fourth-order valence-corrected chi connectivity index (χ4v) is 0.379. The third-order valence-electron chi connectivity index (χ3n) is 0.859. The lowest BCUT2D eigenvalue weighted by Crippen LogP contribution is -2.05. The number of aliphatic carboxylic acids is 2. The van der Waals surface area contributed by atoms with Gasteiger partial charge in [0.15, 0.2) is 0 Å². The largest absolute Gasteiger partial charge is 0.480 e. The zero-order valence-corrected chi connectivity index (χ0v) is 55.8. The van der Waals surface area contributed by atoms with Crippen molar-refractivity contribution in [2.45, 2.75) is 174 Å². The van der Waals surface area contributed by atoms with Crippen molar-refractivity contribution in [1.82, 2.24) is 0 Å². The number of carbonyl (C=O) groups is 2. The Morgan fingerprint density at radius 1 is 0.198 bits per heavy atom. The summed E-state index contributed by atoms with van der Waals surface area (Å²) >= 11 is 0. The molecule has 0 aromatic rings. The maximum Gasteiger partial charge on any atom is 0.329 e. The molecular formula is C53H152O28. The highest BCUT2D eigenvalue weighted by Gasteiger charge is 1.91. The van der Waals surface area contributed by atoms with E-state index >= 15 is 0 Å². The van der Waals surface area contributed by atoms with Crippen molar-refractivity contribution in [2.75, 3.05) is 172 Å². The van der Waals surface area contributed by atoms with E-state index in [0.717, 1.165) is 0 Å². The third kappa shape index (κ3) is 12600. The second-order valence-corrected chi connectivity index (χ2v) is 9.02. The van der Waals surface area contributed by atoms with Gasteiger partial charge in [0.1, 0.15) is 13.2 Å². The molecule has 0 saturated carbocycles. The minimum atomic E-state index is -0.915. The Labute approximate surface area is 497 Å². The second-order valence-electron chi connectivity index (χ2n) is 9.02. The lowest BCUT2D eigenvalue weighted by atomic mass is 10.7. The monoisotopic (exact) mass is 1240 g/mol. The van der Waals surface area contributed by atoms with Crippen molar-refractivity contribution in [3.8, 4) is 0 Å². The molecule has 0 unspecified atom stereocenters. The molecule has 0 heterocycles. The van der Waals surface area contributed by atoms with Gasteiger partial charge < -0.3 is 132 Å².